The van der Waals surface area contributed by atoms with Gasteiger partial charge >= 0.3 is 12.4 Å². The third-order valence-corrected chi connectivity index (χ3v) is 1.53. The Morgan fingerprint density at radius 3 is 1.69 bits per heavy atom. The maximum atomic E-state index is 12.0. The second-order valence-electron chi connectivity index (χ2n) is 3.62. The van der Waals surface area contributed by atoms with Gasteiger partial charge in [0.25, 0.3) is 0 Å². The van der Waals surface area contributed by atoms with Crippen LogP contribution in [0, 0.1) is 5.92 Å². The van der Waals surface area contributed by atoms with E-state index in [1.807, 2.05) is 0 Å². The molecule has 0 aliphatic rings. The highest BCUT2D eigenvalue weighted by atomic mass is 19.4. The van der Waals surface area contributed by atoms with Crippen molar-refractivity contribution in [3.05, 3.63) is 11.6 Å². The van der Waals surface area contributed by atoms with Crippen molar-refractivity contribution >= 4 is 5.78 Å². The van der Waals surface area contributed by atoms with Crippen LogP contribution < -0.4 is 0 Å². The zero-order chi connectivity index (χ0) is 13.1. The summed E-state index contributed by atoms with van der Waals surface area (Å²) in [6.45, 7) is 3.04. The smallest absolute Gasteiger partial charge is 0.295 e. The molecule has 16 heavy (non-hydrogen) atoms. The molecule has 0 aromatic heterocycles. The van der Waals surface area contributed by atoms with E-state index in [4.69, 9.17) is 0 Å². The first kappa shape index (κ1) is 15.0. The fourth-order valence-corrected chi connectivity index (χ4v) is 0.947. The molecular formula is C9H10F6O. The summed E-state index contributed by atoms with van der Waals surface area (Å²) >= 11 is 0. The second kappa shape index (κ2) is 4.88. The highest BCUT2D eigenvalue weighted by Gasteiger charge is 2.51. The van der Waals surface area contributed by atoms with E-state index < -0.39 is 23.7 Å². The van der Waals surface area contributed by atoms with E-state index in [0.29, 0.717) is 0 Å². The summed E-state index contributed by atoms with van der Waals surface area (Å²) in [5, 5.41) is 0. The van der Waals surface area contributed by atoms with Crippen molar-refractivity contribution in [1.29, 1.82) is 0 Å². The number of hydrogen-bond donors (Lipinski definition) is 0. The number of halogens is 6. The van der Waals surface area contributed by atoms with E-state index in [1.165, 1.54) is 13.8 Å². The van der Waals surface area contributed by atoms with Gasteiger partial charge in [0.05, 0.1) is 0 Å². The first-order valence-electron chi connectivity index (χ1n) is 4.33. The predicted octanol–water partition coefficient (Wildman–Crippen LogP) is 3.65. The molecule has 0 aliphatic heterocycles. The Bertz CT molecular complexity index is 267. The van der Waals surface area contributed by atoms with Crippen LogP contribution in [-0.2, 0) is 4.79 Å². The maximum absolute atomic E-state index is 12.0. The highest BCUT2D eigenvalue weighted by Crippen LogP contribution is 2.38. The van der Waals surface area contributed by atoms with Crippen LogP contribution in [0.15, 0.2) is 11.6 Å². The van der Waals surface area contributed by atoms with Gasteiger partial charge in [-0.05, 0) is 12.0 Å². The van der Waals surface area contributed by atoms with Crippen molar-refractivity contribution in [3.8, 4) is 0 Å². The average molecular weight is 248 g/mol. The van der Waals surface area contributed by atoms with E-state index in [-0.39, 0.29) is 18.4 Å². The minimum atomic E-state index is -5.56. The molecule has 94 valence electrons. The summed E-state index contributed by atoms with van der Waals surface area (Å²) in [7, 11) is 0. The molecule has 0 radical (unpaired) electrons. The Balaban J connectivity index is 5.07. The summed E-state index contributed by atoms with van der Waals surface area (Å²) in [5.41, 5.74) is -2.76. The van der Waals surface area contributed by atoms with Gasteiger partial charge in [0.15, 0.2) is 5.78 Å². The molecule has 0 saturated carbocycles. The third-order valence-electron chi connectivity index (χ3n) is 1.53. The fourth-order valence-electron chi connectivity index (χ4n) is 0.947. The number of allylic oxidation sites excluding steroid dienone is 2. The molecule has 0 heterocycles. The highest BCUT2D eigenvalue weighted by molar-refractivity contribution is 5.90. The number of ketones is 1. The van der Waals surface area contributed by atoms with Crippen LogP contribution in [0.25, 0.3) is 0 Å². The van der Waals surface area contributed by atoms with Crippen LogP contribution >= 0.6 is 0 Å². The van der Waals surface area contributed by atoms with Gasteiger partial charge in [0, 0.05) is 6.42 Å². The molecule has 0 aromatic rings. The number of alkyl halides is 6. The molecule has 0 N–H and O–H groups in total. The zero-order valence-corrected chi connectivity index (χ0v) is 8.54. The van der Waals surface area contributed by atoms with E-state index >= 15 is 0 Å². The predicted molar refractivity (Wildman–Crippen MR) is 44.7 cm³/mol. The van der Waals surface area contributed by atoms with Gasteiger partial charge in [0.2, 0.25) is 0 Å². The van der Waals surface area contributed by atoms with Gasteiger partial charge in [-0.1, -0.05) is 13.8 Å². The largest absolute Gasteiger partial charge is 0.421 e. The quantitative estimate of drug-likeness (QED) is 0.550. The SMILES string of the molecule is CC(C)CC(=O)C=C(C(F)(F)F)C(F)(F)F. The lowest BCUT2D eigenvalue weighted by molar-refractivity contribution is -0.172. The summed E-state index contributed by atoms with van der Waals surface area (Å²) in [4.78, 5) is 10.9. The van der Waals surface area contributed by atoms with E-state index in [1.54, 1.807) is 0 Å². The minimum Gasteiger partial charge on any atom is -0.295 e. The molecule has 0 atom stereocenters. The van der Waals surface area contributed by atoms with Gasteiger partial charge in [-0.2, -0.15) is 26.3 Å². The van der Waals surface area contributed by atoms with Gasteiger partial charge in [-0.25, -0.2) is 0 Å². The molecule has 0 spiro atoms. The Hall–Kier alpha value is -1.01. The number of carbonyl (C=O) groups is 1. The summed E-state index contributed by atoms with van der Waals surface area (Å²) in [6, 6.07) is 0. The minimum absolute atomic E-state index is 0.300. The van der Waals surface area contributed by atoms with E-state index in [0.717, 1.165) is 0 Å². The lowest BCUT2D eigenvalue weighted by Crippen LogP contribution is -2.27. The van der Waals surface area contributed by atoms with Crippen molar-refractivity contribution in [1.82, 2.24) is 0 Å². The van der Waals surface area contributed by atoms with E-state index in [2.05, 4.69) is 0 Å². The second-order valence-corrected chi connectivity index (χ2v) is 3.62. The Morgan fingerprint density at radius 2 is 1.44 bits per heavy atom. The molecule has 0 unspecified atom stereocenters. The van der Waals surface area contributed by atoms with Crippen LogP contribution in [0.2, 0.25) is 0 Å². The summed E-state index contributed by atoms with van der Waals surface area (Å²) in [6.07, 6.45) is -11.9. The van der Waals surface area contributed by atoms with Crippen LogP contribution in [0.1, 0.15) is 20.3 Å². The third kappa shape index (κ3) is 5.18. The van der Waals surface area contributed by atoms with Gasteiger partial charge in [-0.3, -0.25) is 4.79 Å². The maximum Gasteiger partial charge on any atom is 0.421 e. The van der Waals surface area contributed by atoms with Gasteiger partial charge in [0.1, 0.15) is 5.57 Å². The van der Waals surface area contributed by atoms with Crippen molar-refractivity contribution in [2.24, 2.45) is 5.92 Å². The molecule has 7 heteroatoms. The standard InChI is InChI=1S/C9H10F6O/c1-5(2)3-6(16)4-7(8(10,11)12)9(13,14)15/h4-5H,3H2,1-2H3. The van der Waals surface area contributed by atoms with Crippen molar-refractivity contribution in [3.63, 3.8) is 0 Å². The Morgan fingerprint density at radius 1 is 1.06 bits per heavy atom. The molecule has 0 amide bonds. The van der Waals surface area contributed by atoms with Gasteiger partial charge in [-0.15, -0.1) is 0 Å². The molecule has 1 nitrogen and oxygen atoms in total. The average Bonchev–Trinajstić information content (AvgIpc) is 1.94. The van der Waals surface area contributed by atoms with Crippen LogP contribution in [0.3, 0.4) is 0 Å². The topological polar surface area (TPSA) is 17.1 Å². The molecule has 0 rings (SSSR count). The molecular weight excluding hydrogens is 238 g/mol. The summed E-state index contributed by atoms with van der Waals surface area (Å²) < 4.78 is 71.8. The number of rotatable bonds is 3. The number of carbonyl (C=O) groups excluding carboxylic acids is 1. The van der Waals surface area contributed by atoms with Crippen molar-refractivity contribution in [2.45, 2.75) is 32.6 Å². The molecule has 0 aliphatic carbocycles. The Labute approximate surface area is 88.1 Å². The normalized spacial score (nSPS) is 12.8. The van der Waals surface area contributed by atoms with Crippen LogP contribution in [0.4, 0.5) is 26.3 Å². The van der Waals surface area contributed by atoms with Crippen LogP contribution in [-0.4, -0.2) is 18.1 Å². The lowest BCUT2D eigenvalue weighted by atomic mass is 10.0. The Kier molecular flexibility index (Phi) is 4.57. The molecule has 0 aromatic carbocycles. The summed E-state index contributed by atoms with van der Waals surface area (Å²) in [5.74, 6) is -1.48. The van der Waals surface area contributed by atoms with Crippen molar-refractivity contribution in [2.75, 3.05) is 0 Å². The first-order chi connectivity index (χ1) is 6.94. The monoisotopic (exact) mass is 248 g/mol. The van der Waals surface area contributed by atoms with Crippen molar-refractivity contribution < 1.29 is 31.1 Å². The zero-order valence-electron chi connectivity index (χ0n) is 8.54. The lowest BCUT2D eigenvalue weighted by Gasteiger charge is -2.14. The van der Waals surface area contributed by atoms with Gasteiger partial charge < -0.3 is 0 Å². The number of hydrogen-bond acceptors (Lipinski definition) is 1. The fraction of sp³-hybridized carbons (Fsp3) is 0.667. The van der Waals surface area contributed by atoms with E-state index in [9.17, 15) is 31.1 Å². The first-order valence-corrected chi connectivity index (χ1v) is 4.33. The molecule has 0 bridgehead atoms. The van der Waals surface area contributed by atoms with Crippen LogP contribution in [0.5, 0.6) is 0 Å². The molecule has 0 saturated heterocycles. The molecule has 0 fully saturated rings.